The molecule has 0 amide bonds. The molecule has 7 heteroatoms. The maximum atomic E-state index is 13.2. The minimum absolute atomic E-state index is 0.158. The average Bonchev–Trinajstić information content (AvgIpc) is 2.85. The van der Waals surface area contributed by atoms with Crippen molar-refractivity contribution in [2.45, 2.75) is 20.1 Å². The van der Waals surface area contributed by atoms with Gasteiger partial charge in [-0.3, -0.25) is 0 Å². The summed E-state index contributed by atoms with van der Waals surface area (Å²) in [5.74, 6) is 0.313. The Bertz CT molecular complexity index is 1300. The van der Waals surface area contributed by atoms with Crippen LogP contribution in [0.5, 0.6) is 23.0 Å². The summed E-state index contributed by atoms with van der Waals surface area (Å²) >= 11 is 8.08. The molecule has 0 bridgehead atoms. The van der Waals surface area contributed by atoms with Crippen LogP contribution in [0, 0.1) is 10.5 Å². The van der Waals surface area contributed by atoms with Gasteiger partial charge in [0, 0.05) is 15.7 Å². The van der Waals surface area contributed by atoms with Crippen molar-refractivity contribution in [2.75, 3.05) is 0 Å². The molecule has 4 aromatic rings. The molecule has 5 nitrogen and oxygen atoms in total. The molecular formula is C28H22ClIO5. The van der Waals surface area contributed by atoms with E-state index in [4.69, 9.17) is 25.8 Å². The second-order valence-corrected chi connectivity index (χ2v) is 9.33. The predicted octanol–water partition coefficient (Wildman–Crippen LogP) is 7.34. The Balaban J connectivity index is 1.62. The normalized spacial score (nSPS) is 10.6. The lowest BCUT2D eigenvalue weighted by Crippen LogP contribution is -2.13. The lowest BCUT2D eigenvalue weighted by molar-refractivity contribution is 0.0728. The van der Waals surface area contributed by atoms with Crippen LogP contribution in [-0.2, 0) is 13.2 Å². The monoisotopic (exact) mass is 600 g/mol. The number of hydrogen-bond donors (Lipinski definition) is 1. The number of phenolic OH excluding ortho intramolecular Hbond substituents is 1. The molecule has 35 heavy (non-hydrogen) atoms. The van der Waals surface area contributed by atoms with E-state index in [-0.39, 0.29) is 28.7 Å². The highest BCUT2D eigenvalue weighted by Gasteiger charge is 2.22. The fourth-order valence-corrected chi connectivity index (χ4v) is 4.27. The van der Waals surface area contributed by atoms with E-state index in [0.29, 0.717) is 27.2 Å². The topological polar surface area (TPSA) is 65.0 Å². The molecule has 0 fully saturated rings. The first-order chi connectivity index (χ1) is 16.9. The second-order valence-electron chi connectivity index (χ2n) is 7.79. The van der Waals surface area contributed by atoms with Crippen molar-refractivity contribution < 1.29 is 24.1 Å². The Morgan fingerprint density at radius 3 is 2.06 bits per heavy atom. The maximum absolute atomic E-state index is 13.2. The Labute approximate surface area is 222 Å². The number of hydrogen-bond acceptors (Lipinski definition) is 5. The van der Waals surface area contributed by atoms with Gasteiger partial charge in [-0.05, 0) is 58.3 Å². The van der Waals surface area contributed by atoms with Gasteiger partial charge in [-0.15, -0.1) is 0 Å². The summed E-state index contributed by atoms with van der Waals surface area (Å²) in [4.78, 5) is 13.2. The number of aromatic hydroxyl groups is 1. The van der Waals surface area contributed by atoms with Gasteiger partial charge >= 0.3 is 5.97 Å². The van der Waals surface area contributed by atoms with Crippen LogP contribution >= 0.6 is 34.2 Å². The summed E-state index contributed by atoms with van der Waals surface area (Å²) in [7, 11) is 0. The largest absolute Gasteiger partial charge is 0.506 e. The summed E-state index contributed by atoms with van der Waals surface area (Å²) in [6.07, 6.45) is 0. The quantitative estimate of drug-likeness (QED) is 0.130. The molecule has 0 saturated heterocycles. The molecule has 178 valence electrons. The van der Waals surface area contributed by atoms with E-state index in [2.05, 4.69) is 22.6 Å². The smallest absolute Gasteiger partial charge is 0.348 e. The van der Waals surface area contributed by atoms with Gasteiger partial charge in [0.05, 0.1) is 5.02 Å². The number of carbonyl (C=O) groups is 1. The van der Waals surface area contributed by atoms with Gasteiger partial charge in [-0.2, -0.15) is 0 Å². The minimum atomic E-state index is -0.617. The van der Waals surface area contributed by atoms with Crippen molar-refractivity contribution in [1.82, 2.24) is 0 Å². The highest BCUT2D eigenvalue weighted by atomic mass is 127. The molecule has 0 aliphatic carbocycles. The second kappa shape index (κ2) is 11.5. The third-order valence-corrected chi connectivity index (χ3v) is 6.48. The van der Waals surface area contributed by atoms with Gasteiger partial charge in [0.1, 0.15) is 41.8 Å². The van der Waals surface area contributed by atoms with Crippen molar-refractivity contribution in [3.63, 3.8) is 0 Å². The van der Waals surface area contributed by atoms with E-state index in [1.807, 2.05) is 60.7 Å². The number of aryl methyl sites for hydroxylation is 1. The van der Waals surface area contributed by atoms with E-state index < -0.39 is 5.97 Å². The van der Waals surface area contributed by atoms with Crippen LogP contribution in [0.25, 0.3) is 0 Å². The minimum Gasteiger partial charge on any atom is -0.506 e. The zero-order valence-corrected chi connectivity index (χ0v) is 21.7. The number of benzene rings is 4. The first kappa shape index (κ1) is 24.9. The average molecular weight is 601 g/mol. The molecular weight excluding hydrogens is 579 g/mol. The summed E-state index contributed by atoms with van der Waals surface area (Å²) in [6, 6.07) is 25.8. The molecule has 0 heterocycles. The molecule has 4 rings (SSSR count). The Morgan fingerprint density at radius 2 is 1.46 bits per heavy atom. The van der Waals surface area contributed by atoms with E-state index in [1.165, 1.54) is 6.07 Å². The lowest BCUT2D eigenvalue weighted by Gasteiger charge is -2.16. The van der Waals surface area contributed by atoms with Crippen molar-refractivity contribution >= 4 is 40.2 Å². The van der Waals surface area contributed by atoms with Crippen molar-refractivity contribution in [2.24, 2.45) is 0 Å². The highest BCUT2D eigenvalue weighted by molar-refractivity contribution is 14.1. The van der Waals surface area contributed by atoms with Crippen LogP contribution in [0.2, 0.25) is 5.02 Å². The number of rotatable bonds is 8. The standard InChI is InChI=1S/C28H22ClIO5/c1-18-12-22(14-24(31)27(18)29)35-28(32)26-23(30)13-21(33-16-19-8-4-2-5-9-19)15-25(26)34-17-20-10-6-3-7-11-20/h2-15,31H,16-17H2,1H3. The third-order valence-electron chi connectivity index (χ3n) is 5.14. The van der Waals surface area contributed by atoms with Gasteiger partial charge in [0.15, 0.2) is 0 Å². The van der Waals surface area contributed by atoms with Crippen LogP contribution in [0.15, 0.2) is 84.9 Å². The molecule has 0 aliphatic rings. The molecule has 0 aliphatic heterocycles. The van der Waals surface area contributed by atoms with Crippen LogP contribution in [0.1, 0.15) is 27.0 Å². The number of carbonyl (C=O) groups excluding carboxylic acids is 1. The Morgan fingerprint density at radius 1 is 0.857 bits per heavy atom. The zero-order valence-electron chi connectivity index (χ0n) is 18.8. The first-order valence-electron chi connectivity index (χ1n) is 10.8. The van der Waals surface area contributed by atoms with E-state index in [1.54, 1.807) is 25.1 Å². The summed E-state index contributed by atoms with van der Waals surface area (Å²) in [5.41, 5.74) is 2.83. The van der Waals surface area contributed by atoms with E-state index in [9.17, 15) is 9.90 Å². The fourth-order valence-electron chi connectivity index (χ4n) is 3.36. The van der Waals surface area contributed by atoms with Gasteiger partial charge < -0.3 is 19.3 Å². The zero-order chi connectivity index (χ0) is 24.8. The summed E-state index contributed by atoms with van der Waals surface area (Å²) in [6.45, 7) is 2.36. The molecule has 0 radical (unpaired) electrons. The molecule has 0 aromatic heterocycles. The molecule has 0 atom stereocenters. The number of phenols is 1. The lowest BCUT2D eigenvalue weighted by atomic mass is 10.1. The van der Waals surface area contributed by atoms with Crippen molar-refractivity contribution in [3.8, 4) is 23.0 Å². The number of ether oxygens (including phenoxy) is 3. The molecule has 0 unspecified atom stereocenters. The van der Waals surface area contributed by atoms with Gasteiger partial charge in [-0.1, -0.05) is 72.3 Å². The van der Waals surface area contributed by atoms with Crippen LogP contribution in [0.4, 0.5) is 0 Å². The van der Waals surface area contributed by atoms with Crippen molar-refractivity contribution in [1.29, 1.82) is 0 Å². The molecule has 0 spiro atoms. The van der Waals surface area contributed by atoms with E-state index >= 15 is 0 Å². The first-order valence-corrected chi connectivity index (χ1v) is 12.2. The highest BCUT2D eigenvalue weighted by Crippen LogP contribution is 2.35. The fraction of sp³-hybridized carbons (Fsp3) is 0.107. The van der Waals surface area contributed by atoms with Gasteiger partial charge in [-0.25, -0.2) is 4.79 Å². The summed E-state index contributed by atoms with van der Waals surface area (Å²) < 4.78 is 18.2. The van der Waals surface area contributed by atoms with Crippen molar-refractivity contribution in [3.05, 3.63) is 116 Å². The van der Waals surface area contributed by atoms with Crippen LogP contribution in [-0.4, -0.2) is 11.1 Å². The Kier molecular flexibility index (Phi) is 8.15. The van der Waals surface area contributed by atoms with Gasteiger partial charge in [0.2, 0.25) is 0 Å². The van der Waals surface area contributed by atoms with Crippen LogP contribution < -0.4 is 14.2 Å². The SMILES string of the molecule is Cc1cc(OC(=O)c2c(I)cc(OCc3ccccc3)cc2OCc2ccccc2)cc(O)c1Cl. The van der Waals surface area contributed by atoms with Gasteiger partial charge in [0.25, 0.3) is 0 Å². The predicted molar refractivity (Wildman–Crippen MR) is 144 cm³/mol. The van der Waals surface area contributed by atoms with E-state index in [0.717, 1.165) is 11.1 Å². The molecule has 1 N–H and O–H groups in total. The molecule has 4 aromatic carbocycles. The Hall–Kier alpha value is -3.23. The number of halogens is 2. The summed E-state index contributed by atoms with van der Waals surface area (Å²) in [5, 5.41) is 10.2. The van der Waals surface area contributed by atoms with Crippen LogP contribution in [0.3, 0.4) is 0 Å². The maximum Gasteiger partial charge on any atom is 0.348 e. The molecule has 0 saturated carbocycles. The third kappa shape index (κ3) is 6.46. The number of esters is 1.